The molecule has 2 atom stereocenters. The number of ether oxygens (including phenoxy) is 3. The molecule has 35 heavy (non-hydrogen) atoms. The van der Waals surface area contributed by atoms with Crippen molar-refractivity contribution in [2.75, 3.05) is 26.9 Å². The molecule has 0 aliphatic rings. The van der Waals surface area contributed by atoms with E-state index in [4.69, 9.17) is 14.2 Å². The van der Waals surface area contributed by atoms with Gasteiger partial charge in [0.2, 0.25) is 0 Å². The van der Waals surface area contributed by atoms with Crippen LogP contribution < -0.4 is 10.1 Å². The molecular weight excluding hydrogens is 456 g/mol. The monoisotopic (exact) mass is 489 g/mol. The van der Waals surface area contributed by atoms with Crippen LogP contribution in [-0.2, 0) is 22.6 Å². The molecule has 0 spiro atoms. The van der Waals surface area contributed by atoms with E-state index in [0.29, 0.717) is 38.8 Å². The van der Waals surface area contributed by atoms with Gasteiger partial charge in [0.1, 0.15) is 5.75 Å². The van der Waals surface area contributed by atoms with E-state index in [-0.39, 0.29) is 17.4 Å². The zero-order valence-corrected chi connectivity index (χ0v) is 20.4. The van der Waals surface area contributed by atoms with Crippen molar-refractivity contribution in [3.05, 3.63) is 71.0 Å². The summed E-state index contributed by atoms with van der Waals surface area (Å²) in [5.41, 5.74) is 1.68. The van der Waals surface area contributed by atoms with Crippen molar-refractivity contribution < 1.29 is 23.0 Å². The van der Waals surface area contributed by atoms with Gasteiger partial charge in [-0.3, -0.25) is 0 Å². The third-order valence-corrected chi connectivity index (χ3v) is 5.55. The molecule has 0 aliphatic heterocycles. The van der Waals surface area contributed by atoms with Crippen LogP contribution in [0.1, 0.15) is 55.3 Å². The first-order valence-corrected chi connectivity index (χ1v) is 11.7. The summed E-state index contributed by atoms with van der Waals surface area (Å²) >= 11 is 0. The summed E-state index contributed by atoms with van der Waals surface area (Å²) in [4.78, 5) is 0. The fourth-order valence-electron chi connectivity index (χ4n) is 3.67. The Bertz CT molecular complexity index is 1020. The molecule has 0 aliphatic carbocycles. The summed E-state index contributed by atoms with van der Waals surface area (Å²) < 4.78 is 45.0. The zero-order chi connectivity index (χ0) is 25.0. The summed E-state index contributed by atoms with van der Waals surface area (Å²) in [6, 6.07) is 14.2. The molecule has 8 nitrogen and oxygen atoms in total. The van der Waals surface area contributed by atoms with E-state index in [1.165, 1.54) is 13.2 Å². The van der Waals surface area contributed by atoms with Crippen LogP contribution in [0.2, 0.25) is 0 Å². The van der Waals surface area contributed by atoms with Crippen molar-refractivity contribution in [2.45, 2.75) is 51.9 Å². The average molecular weight is 490 g/mol. The summed E-state index contributed by atoms with van der Waals surface area (Å²) in [5, 5.41) is 15.7. The molecule has 1 N–H and O–H groups in total. The lowest BCUT2D eigenvalue weighted by Crippen LogP contribution is -2.34. The first kappa shape index (κ1) is 26.7. The van der Waals surface area contributed by atoms with Crippen molar-refractivity contribution in [3.63, 3.8) is 0 Å². The molecule has 0 saturated heterocycles. The fraction of sp³-hybridized carbons (Fsp3) is 0.480. The Balaban J connectivity index is 1.75. The molecule has 0 radical (unpaired) electrons. The first-order chi connectivity index (χ1) is 17.0. The number of methoxy groups -OCH3 is 1. The van der Waals surface area contributed by atoms with Gasteiger partial charge in [0.25, 0.3) is 6.43 Å². The number of tetrazole rings is 1. The second kappa shape index (κ2) is 13.8. The lowest BCUT2D eigenvalue weighted by molar-refractivity contribution is 0.111. The smallest absolute Gasteiger partial charge is 0.267 e. The number of halogens is 2. The van der Waals surface area contributed by atoms with Crippen LogP contribution in [0.15, 0.2) is 48.5 Å². The van der Waals surface area contributed by atoms with E-state index in [1.807, 2.05) is 44.2 Å². The summed E-state index contributed by atoms with van der Waals surface area (Å²) in [7, 11) is 1.38. The molecule has 2 aromatic carbocycles. The SMILES string of the molecule is CCOCCn1nnnc1C(NC(C)CCOCc1ccccc1)c1ccc(C(F)F)c(OC)c1. The topological polar surface area (TPSA) is 83.3 Å². The predicted octanol–water partition coefficient (Wildman–Crippen LogP) is 4.33. The molecule has 2 unspecified atom stereocenters. The van der Waals surface area contributed by atoms with Gasteiger partial charge in [-0.2, -0.15) is 0 Å². The van der Waals surface area contributed by atoms with Crippen LogP contribution >= 0.6 is 0 Å². The van der Waals surface area contributed by atoms with Crippen molar-refractivity contribution in [1.82, 2.24) is 25.5 Å². The molecule has 0 bridgehead atoms. The van der Waals surface area contributed by atoms with Gasteiger partial charge in [-0.15, -0.1) is 5.10 Å². The third-order valence-electron chi connectivity index (χ3n) is 5.55. The van der Waals surface area contributed by atoms with Gasteiger partial charge in [0.05, 0.1) is 38.5 Å². The average Bonchev–Trinajstić information content (AvgIpc) is 3.33. The number of rotatable bonds is 15. The number of hydrogen-bond acceptors (Lipinski definition) is 7. The van der Waals surface area contributed by atoms with Gasteiger partial charge < -0.3 is 19.5 Å². The number of alkyl halides is 2. The first-order valence-electron chi connectivity index (χ1n) is 11.7. The fourth-order valence-corrected chi connectivity index (χ4v) is 3.67. The molecule has 10 heteroatoms. The van der Waals surface area contributed by atoms with Crippen molar-refractivity contribution in [2.24, 2.45) is 0 Å². The van der Waals surface area contributed by atoms with Crippen LogP contribution in [0.5, 0.6) is 5.75 Å². The van der Waals surface area contributed by atoms with Crippen LogP contribution in [0.25, 0.3) is 0 Å². The van der Waals surface area contributed by atoms with Gasteiger partial charge in [-0.25, -0.2) is 13.5 Å². The molecule has 1 aromatic heterocycles. The Morgan fingerprint density at radius 3 is 2.57 bits per heavy atom. The second-order valence-corrected chi connectivity index (χ2v) is 8.09. The highest BCUT2D eigenvalue weighted by atomic mass is 19.3. The predicted molar refractivity (Wildman–Crippen MR) is 127 cm³/mol. The van der Waals surface area contributed by atoms with E-state index in [0.717, 1.165) is 17.5 Å². The van der Waals surface area contributed by atoms with E-state index in [2.05, 4.69) is 20.8 Å². The normalized spacial score (nSPS) is 13.2. The molecule has 0 amide bonds. The van der Waals surface area contributed by atoms with Gasteiger partial charge in [0, 0.05) is 19.3 Å². The Hall–Kier alpha value is -2.95. The maximum atomic E-state index is 13.4. The minimum atomic E-state index is -2.64. The number of aromatic nitrogens is 4. The largest absolute Gasteiger partial charge is 0.496 e. The standard InChI is InChI=1S/C25H33F2N5O3/c1-4-34-15-13-32-25(29-30-31-32)23(20-10-11-21(24(26)27)22(16-20)33-3)28-18(2)12-14-35-17-19-8-6-5-7-9-19/h5-11,16,18,23-24,28H,4,12-15,17H2,1-3H3. The molecule has 3 rings (SSSR count). The molecule has 0 fully saturated rings. The quantitative estimate of drug-likeness (QED) is 0.318. The van der Waals surface area contributed by atoms with Gasteiger partial charge in [0.15, 0.2) is 5.82 Å². The summed E-state index contributed by atoms with van der Waals surface area (Å²) in [5.74, 6) is 0.685. The van der Waals surface area contributed by atoms with Crippen LogP contribution in [0.4, 0.5) is 8.78 Å². The van der Waals surface area contributed by atoms with Gasteiger partial charge in [-0.05, 0) is 54.0 Å². The number of nitrogens with one attached hydrogen (secondary N) is 1. The van der Waals surface area contributed by atoms with Crippen LogP contribution in [-0.4, -0.2) is 53.2 Å². The number of hydrogen-bond donors (Lipinski definition) is 1. The number of benzene rings is 2. The maximum absolute atomic E-state index is 13.4. The maximum Gasteiger partial charge on any atom is 0.267 e. The van der Waals surface area contributed by atoms with E-state index < -0.39 is 12.5 Å². The Labute approximate surface area is 204 Å². The highest BCUT2D eigenvalue weighted by Gasteiger charge is 2.25. The molecule has 1 heterocycles. The summed E-state index contributed by atoms with van der Waals surface area (Å²) in [6.45, 7) is 6.57. The molecular formula is C25H33F2N5O3. The molecule has 190 valence electrons. The highest BCUT2D eigenvalue weighted by molar-refractivity contribution is 5.41. The van der Waals surface area contributed by atoms with Crippen LogP contribution in [0, 0.1) is 0 Å². The second-order valence-electron chi connectivity index (χ2n) is 8.09. The van der Waals surface area contributed by atoms with Gasteiger partial charge in [-0.1, -0.05) is 36.4 Å². The Morgan fingerprint density at radius 1 is 1.06 bits per heavy atom. The molecule has 0 saturated carbocycles. The summed E-state index contributed by atoms with van der Waals surface area (Å²) in [6.07, 6.45) is -1.90. The van der Waals surface area contributed by atoms with Gasteiger partial charge >= 0.3 is 0 Å². The minimum Gasteiger partial charge on any atom is -0.496 e. The Kier molecular flexibility index (Phi) is 10.5. The van der Waals surface area contributed by atoms with Crippen molar-refractivity contribution in [3.8, 4) is 5.75 Å². The molecule has 3 aromatic rings. The minimum absolute atomic E-state index is 0.0218. The van der Waals surface area contributed by atoms with E-state index in [9.17, 15) is 8.78 Å². The van der Waals surface area contributed by atoms with Crippen molar-refractivity contribution >= 4 is 0 Å². The number of nitrogens with zero attached hydrogens (tertiary/aromatic N) is 4. The van der Waals surface area contributed by atoms with E-state index in [1.54, 1.807) is 16.8 Å². The zero-order valence-electron chi connectivity index (χ0n) is 20.4. The van der Waals surface area contributed by atoms with Crippen LogP contribution in [0.3, 0.4) is 0 Å². The third kappa shape index (κ3) is 7.78. The van der Waals surface area contributed by atoms with E-state index >= 15 is 0 Å². The van der Waals surface area contributed by atoms with Crippen molar-refractivity contribution in [1.29, 1.82) is 0 Å². The Morgan fingerprint density at radius 2 is 1.86 bits per heavy atom. The lowest BCUT2D eigenvalue weighted by atomic mass is 10.0. The highest BCUT2D eigenvalue weighted by Crippen LogP contribution is 2.33. The lowest BCUT2D eigenvalue weighted by Gasteiger charge is -2.24.